The third-order valence-electron chi connectivity index (χ3n) is 4.80. The molecule has 1 saturated heterocycles. The maximum Gasteiger partial charge on any atom is 0.317 e. The van der Waals surface area contributed by atoms with Crippen LogP contribution >= 0.6 is 0 Å². The molecule has 1 aliphatic rings. The molecule has 0 saturated carbocycles. The lowest BCUT2D eigenvalue weighted by Crippen LogP contribution is -2.36. The van der Waals surface area contributed by atoms with E-state index in [9.17, 15) is 13.6 Å². The normalized spacial score (nSPS) is 18.6. The van der Waals surface area contributed by atoms with E-state index in [0.717, 1.165) is 44.5 Å². The fourth-order valence-electron chi connectivity index (χ4n) is 3.34. The number of carboxylic acid groups (broad SMARTS) is 1. The smallest absolute Gasteiger partial charge is 0.317 e. The van der Waals surface area contributed by atoms with E-state index in [2.05, 4.69) is 15.0 Å². The van der Waals surface area contributed by atoms with Crippen LogP contribution in [0.1, 0.15) is 25.2 Å². The average Bonchev–Trinajstić information content (AvgIpc) is 2.94. The van der Waals surface area contributed by atoms with Gasteiger partial charge >= 0.3 is 5.97 Å². The van der Waals surface area contributed by atoms with E-state index in [1.54, 1.807) is 0 Å². The van der Waals surface area contributed by atoms with Crippen molar-refractivity contribution in [2.75, 3.05) is 26.7 Å². The van der Waals surface area contributed by atoms with Crippen molar-refractivity contribution in [3.8, 4) is 11.4 Å². The summed E-state index contributed by atoms with van der Waals surface area (Å²) in [5.41, 5.74) is 0.357. The monoisotopic (exact) mass is 380 g/mol. The molecule has 1 fully saturated rings. The Labute approximate surface area is 155 Å². The van der Waals surface area contributed by atoms with Gasteiger partial charge in [0.15, 0.2) is 11.6 Å². The highest BCUT2D eigenvalue weighted by Gasteiger charge is 2.23. The lowest BCUT2D eigenvalue weighted by molar-refractivity contribution is -0.138. The van der Waals surface area contributed by atoms with E-state index in [4.69, 9.17) is 9.63 Å². The molecule has 0 radical (unpaired) electrons. The minimum atomic E-state index is -0.956. The maximum absolute atomic E-state index is 13.4. The molecule has 1 aromatic heterocycles. The van der Waals surface area contributed by atoms with E-state index < -0.39 is 17.6 Å². The van der Waals surface area contributed by atoms with Gasteiger partial charge < -0.3 is 9.63 Å². The molecule has 9 heteroatoms. The fraction of sp³-hybridized carbons (Fsp3) is 0.500. The van der Waals surface area contributed by atoms with Crippen molar-refractivity contribution >= 4 is 5.97 Å². The number of likely N-dealkylation sites (N-methyl/N-ethyl adjacent to an activating group) is 1. The van der Waals surface area contributed by atoms with Crippen molar-refractivity contribution in [2.24, 2.45) is 0 Å². The van der Waals surface area contributed by atoms with Gasteiger partial charge in [0, 0.05) is 18.2 Å². The van der Waals surface area contributed by atoms with E-state index in [0.29, 0.717) is 18.0 Å². The Bertz CT molecular complexity index is 799. The summed E-state index contributed by atoms with van der Waals surface area (Å²) in [6, 6.07) is 3.70. The van der Waals surface area contributed by atoms with E-state index in [1.165, 1.54) is 6.07 Å². The molecule has 2 heterocycles. The molecule has 2 aromatic rings. The molecule has 146 valence electrons. The standard InChI is InChI=1S/C18H22F2N4O3/c1-23(11-17(25)26)13-3-2-7-24(8-6-13)10-16-21-18(22-27-16)12-4-5-14(19)15(20)9-12/h4-5,9,13H,2-3,6-8,10-11H2,1H3,(H,25,26). The van der Waals surface area contributed by atoms with E-state index >= 15 is 0 Å². The predicted octanol–water partition coefficient (Wildman–Crippen LogP) is 2.39. The fourth-order valence-corrected chi connectivity index (χ4v) is 3.34. The molecule has 0 bridgehead atoms. The van der Waals surface area contributed by atoms with Crippen LogP contribution in [-0.4, -0.2) is 63.7 Å². The number of carboxylic acids is 1. The molecule has 1 unspecified atom stereocenters. The number of carbonyl (C=O) groups is 1. The van der Waals surface area contributed by atoms with Crippen molar-refractivity contribution in [3.05, 3.63) is 35.7 Å². The average molecular weight is 380 g/mol. The third-order valence-corrected chi connectivity index (χ3v) is 4.80. The predicted molar refractivity (Wildman–Crippen MR) is 92.8 cm³/mol. The summed E-state index contributed by atoms with van der Waals surface area (Å²) in [5, 5.41) is 12.8. The highest BCUT2D eigenvalue weighted by atomic mass is 19.2. The van der Waals surface area contributed by atoms with Gasteiger partial charge in [-0.15, -0.1) is 0 Å². The summed E-state index contributed by atoms with van der Waals surface area (Å²) in [6.07, 6.45) is 2.73. The Morgan fingerprint density at radius 2 is 2.15 bits per heavy atom. The number of likely N-dealkylation sites (tertiary alicyclic amines) is 1. The number of nitrogens with zero attached hydrogens (tertiary/aromatic N) is 4. The first-order chi connectivity index (χ1) is 12.9. The van der Waals surface area contributed by atoms with Gasteiger partial charge in [0.25, 0.3) is 0 Å². The van der Waals surface area contributed by atoms with Gasteiger partial charge in [0.1, 0.15) is 0 Å². The van der Waals surface area contributed by atoms with Crippen LogP contribution < -0.4 is 0 Å². The van der Waals surface area contributed by atoms with Crippen LogP contribution in [0.5, 0.6) is 0 Å². The minimum Gasteiger partial charge on any atom is -0.480 e. The number of benzene rings is 1. The summed E-state index contributed by atoms with van der Waals surface area (Å²) in [7, 11) is 1.83. The van der Waals surface area contributed by atoms with Gasteiger partial charge in [-0.2, -0.15) is 4.98 Å². The highest BCUT2D eigenvalue weighted by Crippen LogP contribution is 2.21. The van der Waals surface area contributed by atoms with Crippen molar-refractivity contribution in [1.29, 1.82) is 0 Å². The van der Waals surface area contributed by atoms with Crippen LogP contribution in [0.15, 0.2) is 22.7 Å². The van der Waals surface area contributed by atoms with Crippen LogP contribution in [0.3, 0.4) is 0 Å². The van der Waals surface area contributed by atoms with E-state index in [1.807, 2.05) is 11.9 Å². The van der Waals surface area contributed by atoms with Crippen molar-refractivity contribution in [1.82, 2.24) is 19.9 Å². The summed E-state index contributed by atoms with van der Waals surface area (Å²) < 4.78 is 31.7. The van der Waals surface area contributed by atoms with Crippen LogP contribution in [-0.2, 0) is 11.3 Å². The number of hydrogen-bond donors (Lipinski definition) is 1. The molecular weight excluding hydrogens is 358 g/mol. The first-order valence-electron chi connectivity index (χ1n) is 8.85. The van der Waals surface area contributed by atoms with E-state index in [-0.39, 0.29) is 18.4 Å². The van der Waals surface area contributed by atoms with Gasteiger partial charge in [-0.25, -0.2) is 8.78 Å². The zero-order chi connectivity index (χ0) is 19.4. The molecule has 1 aromatic carbocycles. The quantitative estimate of drug-likeness (QED) is 0.824. The highest BCUT2D eigenvalue weighted by molar-refractivity contribution is 5.69. The number of hydrogen-bond acceptors (Lipinski definition) is 6. The molecule has 1 aliphatic heterocycles. The molecule has 0 aliphatic carbocycles. The van der Waals surface area contributed by atoms with Crippen molar-refractivity contribution in [2.45, 2.75) is 31.8 Å². The second kappa shape index (κ2) is 8.53. The molecule has 7 nitrogen and oxygen atoms in total. The number of aliphatic carboxylic acids is 1. The lowest BCUT2D eigenvalue weighted by atomic mass is 10.1. The Hall–Kier alpha value is -2.39. The van der Waals surface area contributed by atoms with Crippen LogP contribution in [0, 0.1) is 11.6 Å². The Kier molecular flexibility index (Phi) is 6.12. The van der Waals surface area contributed by atoms with Crippen LogP contribution in [0.4, 0.5) is 8.78 Å². The minimum absolute atomic E-state index is 0.0336. The largest absolute Gasteiger partial charge is 0.480 e. The Morgan fingerprint density at radius 1 is 1.33 bits per heavy atom. The summed E-state index contributed by atoms with van der Waals surface area (Å²) in [5.74, 6) is -2.07. The topological polar surface area (TPSA) is 82.7 Å². The first kappa shape index (κ1) is 19.4. The van der Waals surface area contributed by atoms with Gasteiger partial charge in [0.2, 0.25) is 11.7 Å². The molecular formula is C18H22F2N4O3. The first-order valence-corrected chi connectivity index (χ1v) is 8.85. The second-order valence-electron chi connectivity index (χ2n) is 6.81. The van der Waals surface area contributed by atoms with Crippen LogP contribution in [0.25, 0.3) is 11.4 Å². The lowest BCUT2D eigenvalue weighted by Gasteiger charge is -2.25. The zero-order valence-electron chi connectivity index (χ0n) is 15.1. The van der Waals surface area contributed by atoms with Crippen molar-refractivity contribution < 1.29 is 23.2 Å². The van der Waals surface area contributed by atoms with Crippen molar-refractivity contribution in [3.63, 3.8) is 0 Å². The van der Waals surface area contributed by atoms with Gasteiger partial charge in [0.05, 0.1) is 13.1 Å². The molecule has 3 rings (SSSR count). The molecule has 1 N–H and O–H groups in total. The van der Waals surface area contributed by atoms with Gasteiger partial charge in [-0.05, 0) is 51.1 Å². The summed E-state index contributed by atoms with van der Waals surface area (Å²) in [4.78, 5) is 19.2. The molecule has 1 atom stereocenters. The number of aromatic nitrogens is 2. The molecule has 0 spiro atoms. The van der Waals surface area contributed by atoms with Crippen LogP contribution in [0.2, 0.25) is 0 Å². The van der Waals surface area contributed by atoms with Gasteiger partial charge in [-0.1, -0.05) is 5.16 Å². The molecule has 0 amide bonds. The maximum atomic E-state index is 13.4. The SMILES string of the molecule is CN(CC(=O)O)C1CCCN(Cc2nc(-c3ccc(F)c(F)c3)no2)CC1. The number of halogens is 2. The molecule has 27 heavy (non-hydrogen) atoms. The second-order valence-corrected chi connectivity index (χ2v) is 6.81. The Morgan fingerprint density at radius 3 is 2.89 bits per heavy atom. The Balaban J connectivity index is 1.59. The summed E-state index contributed by atoms with van der Waals surface area (Å²) >= 11 is 0. The summed E-state index contributed by atoms with van der Waals surface area (Å²) in [6.45, 7) is 2.13. The third kappa shape index (κ3) is 5.08. The zero-order valence-corrected chi connectivity index (χ0v) is 15.1. The van der Waals surface area contributed by atoms with Gasteiger partial charge in [-0.3, -0.25) is 14.6 Å². The number of rotatable bonds is 6.